The number of hydrogen-bond donors (Lipinski definition) is 2. The highest BCUT2D eigenvalue weighted by Gasteiger charge is 2.15. The highest BCUT2D eigenvalue weighted by Crippen LogP contribution is 2.13. The number of aryl methyl sites for hydroxylation is 2. The number of benzene rings is 1. The van der Waals surface area contributed by atoms with Gasteiger partial charge in [-0.1, -0.05) is 30.3 Å². The minimum Gasteiger partial charge on any atom is -0.494 e. The number of carbonyl (C=O) groups is 1. The van der Waals surface area contributed by atoms with Crippen molar-refractivity contribution in [2.24, 2.45) is 5.73 Å². The van der Waals surface area contributed by atoms with Crippen LogP contribution >= 0.6 is 0 Å². The molecular weight excluding hydrogens is 256 g/mol. The van der Waals surface area contributed by atoms with Crippen molar-refractivity contribution in [2.45, 2.75) is 19.9 Å². The van der Waals surface area contributed by atoms with Crippen LogP contribution in [0.5, 0.6) is 5.88 Å². The van der Waals surface area contributed by atoms with E-state index in [9.17, 15) is 14.7 Å². The number of primary amides is 1. The van der Waals surface area contributed by atoms with E-state index in [2.05, 4.69) is 0 Å². The Morgan fingerprint density at radius 2 is 1.95 bits per heavy atom. The summed E-state index contributed by atoms with van der Waals surface area (Å²) in [4.78, 5) is 23.5. The van der Waals surface area contributed by atoms with Crippen molar-refractivity contribution in [3.05, 3.63) is 63.4 Å². The second-order valence-corrected chi connectivity index (χ2v) is 4.62. The lowest BCUT2D eigenvalue weighted by atomic mass is 10.1. The Bertz CT molecular complexity index is 690. The van der Waals surface area contributed by atoms with Crippen LogP contribution in [0.4, 0.5) is 0 Å². The van der Waals surface area contributed by atoms with Gasteiger partial charge in [0, 0.05) is 12.6 Å². The minimum atomic E-state index is -0.777. The summed E-state index contributed by atoms with van der Waals surface area (Å²) in [5.74, 6) is -0.936. The van der Waals surface area contributed by atoms with Gasteiger partial charge in [-0.05, 0) is 24.5 Å². The maximum absolute atomic E-state index is 12.2. The third-order valence-electron chi connectivity index (χ3n) is 3.19. The summed E-state index contributed by atoms with van der Waals surface area (Å²) in [5, 5.41) is 9.87. The average Bonchev–Trinajstić information content (AvgIpc) is 2.38. The van der Waals surface area contributed by atoms with Gasteiger partial charge in [0.1, 0.15) is 5.56 Å². The molecule has 0 aliphatic rings. The van der Waals surface area contributed by atoms with Crippen LogP contribution in [-0.2, 0) is 13.0 Å². The van der Waals surface area contributed by atoms with Crippen molar-refractivity contribution in [3.63, 3.8) is 0 Å². The van der Waals surface area contributed by atoms with Crippen LogP contribution in [0.1, 0.15) is 21.5 Å². The molecule has 20 heavy (non-hydrogen) atoms. The quantitative estimate of drug-likeness (QED) is 0.877. The molecule has 1 amide bonds. The molecule has 104 valence electrons. The smallest absolute Gasteiger partial charge is 0.266 e. The van der Waals surface area contributed by atoms with Crippen molar-refractivity contribution >= 4 is 5.91 Å². The van der Waals surface area contributed by atoms with Gasteiger partial charge in [-0.2, -0.15) is 0 Å². The molecule has 1 aromatic heterocycles. The number of nitrogens with zero attached hydrogens (tertiary/aromatic N) is 1. The summed E-state index contributed by atoms with van der Waals surface area (Å²) >= 11 is 0. The van der Waals surface area contributed by atoms with Crippen molar-refractivity contribution in [3.8, 4) is 5.88 Å². The Hall–Kier alpha value is -2.56. The SMILES string of the molecule is Cc1cc(O)n(CCc2ccccc2)c(=O)c1C(N)=O. The van der Waals surface area contributed by atoms with Gasteiger partial charge in [-0.3, -0.25) is 14.2 Å². The van der Waals surface area contributed by atoms with E-state index in [0.717, 1.165) is 5.56 Å². The summed E-state index contributed by atoms with van der Waals surface area (Å²) in [6.07, 6.45) is 0.579. The van der Waals surface area contributed by atoms with Crippen LogP contribution in [0.2, 0.25) is 0 Å². The number of amides is 1. The van der Waals surface area contributed by atoms with E-state index in [1.807, 2.05) is 30.3 Å². The fraction of sp³-hybridized carbons (Fsp3) is 0.200. The first-order chi connectivity index (χ1) is 9.50. The monoisotopic (exact) mass is 272 g/mol. The summed E-state index contributed by atoms with van der Waals surface area (Å²) in [6.45, 7) is 1.86. The van der Waals surface area contributed by atoms with Gasteiger partial charge in [-0.25, -0.2) is 0 Å². The number of aromatic nitrogens is 1. The maximum atomic E-state index is 12.2. The first-order valence-corrected chi connectivity index (χ1v) is 6.28. The van der Waals surface area contributed by atoms with Gasteiger partial charge in [0.25, 0.3) is 11.5 Å². The van der Waals surface area contributed by atoms with E-state index in [-0.39, 0.29) is 18.0 Å². The largest absolute Gasteiger partial charge is 0.494 e. The van der Waals surface area contributed by atoms with Crippen molar-refractivity contribution in [1.29, 1.82) is 0 Å². The zero-order chi connectivity index (χ0) is 14.7. The Labute approximate surface area is 116 Å². The molecule has 5 nitrogen and oxygen atoms in total. The molecule has 2 rings (SSSR count). The Balaban J connectivity index is 2.35. The molecule has 2 aromatic rings. The van der Waals surface area contributed by atoms with E-state index in [1.165, 1.54) is 10.6 Å². The van der Waals surface area contributed by atoms with Crippen LogP contribution < -0.4 is 11.3 Å². The minimum absolute atomic E-state index is 0.0733. The number of aromatic hydroxyl groups is 1. The number of pyridine rings is 1. The molecule has 0 radical (unpaired) electrons. The number of hydrogen-bond acceptors (Lipinski definition) is 3. The standard InChI is InChI=1S/C15H16N2O3/c1-10-9-12(18)17(15(20)13(10)14(16)19)8-7-11-5-3-2-4-6-11/h2-6,9,18H,7-8H2,1H3,(H2,16,19). The molecule has 1 heterocycles. The van der Waals surface area contributed by atoms with Gasteiger partial charge in [0.2, 0.25) is 0 Å². The molecule has 1 aromatic carbocycles. The lowest BCUT2D eigenvalue weighted by Crippen LogP contribution is -2.31. The maximum Gasteiger partial charge on any atom is 0.266 e. The fourth-order valence-electron chi connectivity index (χ4n) is 2.15. The normalized spacial score (nSPS) is 10.4. The summed E-state index contributed by atoms with van der Waals surface area (Å²) < 4.78 is 1.17. The molecule has 3 N–H and O–H groups in total. The average molecular weight is 272 g/mol. The lowest BCUT2D eigenvalue weighted by molar-refractivity contribution is 0.0997. The second kappa shape index (κ2) is 5.61. The zero-order valence-electron chi connectivity index (χ0n) is 11.2. The Kier molecular flexibility index (Phi) is 3.89. The van der Waals surface area contributed by atoms with Gasteiger partial charge >= 0.3 is 0 Å². The molecular formula is C15H16N2O3. The Morgan fingerprint density at radius 1 is 1.30 bits per heavy atom. The van der Waals surface area contributed by atoms with Gasteiger partial charge in [0.15, 0.2) is 5.88 Å². The first kappa shape index (κ1) is 13.9. The van der Waals surface area contributed by atoms with Crippen molar-refractivity contribution in [1.82, 2.24) is 4.57 Å². The highest BCUT2D eigenvalue weighted by atomic mass is 16.3. The highest BCUT2D eigenvalue weighted by molar-refractivity contribution is 5.93. The molecule has 0 atom stereocenters. The predicted molar refractivity (Wildman–Crippen MR) is 75.8 cm³/mol. The fourth-order valence-corrected chi connectivity index (χ4v) is 2.15. The molecule has 5 heteroatoms. The van der Waals surface area contributed by atoms with E-state index >= 15 is 0 Å². The van der Waals surface area contributed by atoms with Crippen LogP contribution in [0, 0.1) is 6.92 Å². The third-order valence-corrected chi connectivity index (χ3v) is 3.19. The third kappa shape index (κ3) is 2.71. The molecule has 0 saturated heterocycles. The summed E-state index contributed by atoms with van der Waals surface area (Å²) in [5.41, 5.74) is 6.01. The van der Waals surface area contributed by atoms with Gasteiger partial charge in [0.05, 0.1) is 0 Å². The predicted octanol–water partition coefficient (Wildman–Crippen LogP) is 1.20. The zero-order valence-corrected chi connectivity index (χ0v) is 11.2. The Morgan fingerprint density at radius 3 is 2.55 bits per heavy atom. The summed E-state index contributed by atoms with van der Waals surface area (Å²) in [7, 11) is 0. The van der Waals surface area contributed by atoms with Crippen LogP contribution in [-0.4, -0.2) is 15.6 Å². The second-order valence-electron chi connectivity index (χ2n) is 4.62. The molecule has 0 aliphatic heterocycles. The number of nitrogens with two attached hydrogens (primary N) is 1. The molecule has 0 unspecified atom stereocenters. The molecule has 0 saturated carbocycles. The van der Waals surface area contributed by atoms with E-state index in [1.54, 1.807) is 6.92 Å². The van der Waals surface area contributed by atoms with E-state index < -0.39 is 11.5 Å². The number of rotatable bonds is 4. The van der Waals surface area contributed by atoms with E-state index in [4.69, 9.17) is 5.73 Å². The van der Waals surface area contributed by atoms with Gasteiger partial charge in [-0.15, -0.1) is 0 Å². The molecule has 0 bridgehead atoms. The van der Waals surface area contributed by atoms with Crippen molar-refractivity contribution in [2.75, 3.05) is 0 Å². The summed E-state index contributed by atoms with van der Waals surface area (Å²) in [6, 6.07) is 11.0. The number of carbonyl (C=O) groups excluding carboxylic acids is 1. The van der Waals surface area contributed by atoms with E-state index in [0.29, 0.717) is 12.0 Å². The van der Waals surface area contributed by atoms with Crippen LogP contribution in [0.3, 0.4) is 0 Å². The molecule has 0 aliphatic carbocycles. The molecule has 0 spiro atoms. The first-order valence-electron chi connectivity index (χ1n) is 6.28. The van der Waals surface area contributed by atoms with Crippen molar-refractivity contribution < 1.29 is 9.90 Å². The molecule has 0 fully saturated rings. The van der Waals surface area contributed by atoms with Gasteiger partial charge < -0.3 is 10.8 Å². The van der Waals surface area contributed by atoms with Crippen LogP contribution in [0.15, 0.2) is 41.2 Å². The lowest BCUT2D eigenvalue weighted by Gasteiger charge is -2.11. The topological polar surface area (TPSA) is 85.3 Å². The van der Waals surface area contributed by atoms with Crippen LogP contribution in [0.25, 0.3) is 0 Å².